The fraction of sp³-hybridized carbons (Fsp3) is 0.857. The van der Waals surface area contributed by atoms with Gasteiger partial charge in [0.05, 0.1) is 11.7 Å². The smallest absolute Gasteiger partial charge is 0.155 e. The van der Waals surface area contributed by atoms with E-state index in [4.69, 9.17) is 0 Å². The van der Waals surface area contributed by atoms with Crippen LogP contribution in [0, 0.1) is 28.6 Å². The number of hydrogen-bond acceptors (Lipinski definition) is 3. The minimum absolute atomic E-state index is 0.0712. The standard InChI is InChI=1S/C21H31FO3/c1-12-9-16-15-6-5-13-10-14(23)7-8-18(13,2)21(15,22)17(24)11-19(16,3)20(12,4)25/h10,12,15-17,24-25H,5-9,11H2,1-4H3. The van der Waals surface area contributed by atoms with Crippen LogP contribution < -0.4 is 0 Å². The van der Waals surface area contributed by atoms with E-state index in [0.717, 1.165) is 18.4 Å². The lowest BCUT2D eigenvalue weighted by Gasteiger charge is -2.63. The molecule has 2 N–H and O–H groups in total. The van der Waals surface area contributed by atoms with Crippen LogP contribution in [0.1, 0.15) is 66.2 Å². The third-order valence-electron chi connectivity index (χ3n) is 9.16. The summed E-state index contributed by atoms with van der Waals surface area (Å²) >= 11 is 0. The molecule has 0 aromatic carbocycles. The Morgan fingerprint density at radius 2 is 1.88 bits per heavy atom. The van der Waals surface area contributed by atoms with Crippen LogP contribution in [-0.4, -0.2) is 33.4 Å². The average molecular weight is 350 g/mol. The van der Waals surface area contributed by atoms with Crippen LogP contribution >= 0.6 is 0 Å². The van der Waals surface area contributed by atoms with Gasteiger partial charge in [0, 0.05) is 23.2 Å². The molecule has 0 amide bonds. The summed E-state index contributed by atoms with van der Waals surface area (Å²) in [5.74, 6) is -0.00765. The minimum atomic E-state index is -1.71. The van der Waals surface area contributed by atoms with Crippen molar-refractivity contribution in [3.05, 3.63) is 11.6 Å². The van der Waals surface area contributed by atoms with Gasteiger partial charge in [-0.1, -0.05) is 26.3 Å². The van der Waals surface area contributed by atoms with Crippen molar-refractivity contribution in [3.8, 4) is 0 Å². The maximum Gasteiger partial charge on any atom is 0.155 e. The van der Waals surface area contributed by atoms with Gasteiger partial charge >= 0.3 is 0 Å². The van der Waals surface area contributed by atoms with E-state index in [-0.39, 0.29) is 23.5 Å². The fourth-order valence-electron chi connectivity index (χ4n) is 7.11. The van der Waals surface area contributed by atoms with E-state index >= 15 is 4.39 Å². The van der Waals surface area contributed by atoms with Gasteiger partial charge in [-0.15, -0.1) is 0 Å². The molecule has 0 bridgehead atoms. The maximum atomic E-state index is 16.8. The van der Waals surface area contributed by atoms with Gasteiger partial charge in [-0.3, -0.25) is 4.79 Å². The first-order chi connectivity index (χ1) is 11.5. The van der Waals surface area contributed by atoms with Crippen molar-refractivity contribution in [2.45, 2.75) is 83.6 Å². The van der Waals surface area contributed by atoms with Crippen LogP contribution in [0.5, 0.6) is 0 Å². The molecule has 0 heterocycles. The highest BCUT2D eigenvalue weighted by Crippen LogP contribution is 2.70. The number of carbonyl (C=O) groups excluding carboxylic acids is 1. The second-order valence-corrected chi connectivity index (χ2v) is 9.91. The molecule has 3 saturated carbocycles. The van der Waals surface area contributed by atoms with Crippen LogP contribution in [0.25, 0.3) is 0 Å². The van der Waals surface area contributed by atoms with Gasteiger partial charge in [0.25, 0.3) is 0 Å². The summed E-state index contributed by atoms with van der Waals surface area (Å²) in [7, 11) is 0. The lowest BCUT2D eigenvalue weighted by molar-refractivity contribution is -0.227. The van der Waals surface area contributed by atoms with Gasteiger partial charge in [0.15, 0.2) is 5.78 Å². The number of halogens is 1. The number of carbonyl (C=O) groups is 1. The molecule has 140 valence electrons. The first-order valence-electron chi connectivity index (χ1n) is 9.81. The first kappa shape index (κ1) is 17.7. The molecule has 8 atom stereocenters. The molecule has 4 rings (SSSR count). The average Bonchev–Trinajstić information content (AvgIpc) is 2.70. The number of fused-ring (bicyclic) bond motifs is 5. The topological polar surface area (TPSA) is 57.5 Å². The molecule has 4 aliphatic carbocycles. The lowest BCUT2D eigenvalue weighted by Crippen LogP contribution is -2.68. The van der Waals surface area contributed by atoms with E-state index in [1.54, 1.807) is 6.08 Å². The normalized spacial score (nSPS) is 58.2. The van der Waals surface area contributed by atoms with Crippen molar-refractivity contribution in [2.75, 3.05) is 0 Å². The number of allylic oxidation sites excluding steroid dienone is 1. The number of rotatable bonds is 0. The first-order valence-corrected chi connectivity index (χ1v) is 9.81. The highest BCUT2D eigenvalue weighted by molar-refractivity contribution is 5.91. The highest BCUT2D eigenvalue weighted by Gasteiger charge is 2.73. The van der Waals surface area contributed by atoms with E-state index in [1.165, 1.54) is 0 Å². The Morgan fingerprint density at radius 3 is 2.56 bits per heavy atom. The van der Waals surface area contributed by atoms with E-state index in [0.29, 0.717) is 25.7 Å². The van der Waals surface area contributed by atoms with Crippen molar-refractivity contribution < 1.29 is 19.4 Å². The molecule has 0 aromatic rings. The summed E-state index contributed by atoms with van der Waals surface area (Å²) in [4.78, 5) is 11.9. The summed E-state index contributed by atoms with van der Waals surface area (Å²) < 4.78 is 16.8. The van der Waals surface area contributed by atoms with Crippen LogP contribution in [-0.2, 0) is 4.79 Å². The van der Waals surface area contributed by atoms with Crippen LogP contribution in [0.3, 0.4) is 0 Å². The Kier molecular flexibility index (Phi) is 3.50. The Balaban J connectivity index is 1.83. The zero-order chi connectivity index (χ0) is 18.4. The summed E-state index contributed by atoms with van der Waals surface area (Å²) in [6.45, 7) is 7.87. The van der Waals surface area contributed by atoms with Crippen LogP contribution in [0.15, 0.2) is 11.6 Å². The second kappa shape index (κ2) is 4.95. The quantitative estimate of drug-likeness (QED) is 0.702. The SMILES string of the molecule is CC1CC2C3CCC4=CC(=O)CCC4(C)C3(F)C(O)CC2(C)C1(C)O. The minimum Gasteiger partial charge on any atom is -0.390 e. The summed E-state index contributed by atoms with van der Waals surface area (Å²) in [5.41, 5.74) is -2.93. The Morgan fingerprint density at radius 1 is 1.20 bits per heavy atom. The molecule has 3 fully saturated rings. The summed E-state index contributed by atoms with van der Waals surface area (Å²) in [6.07, 6.45) is 3.88. The molecule has 3 nitrogen and oxygen atoms in total. The summed E-state index contributed by atoms with van der Waals surface area (Å²) in [6, 6.07) is 0. The van der Waals surface area contributed by atoms with E-state index < -0.39 is 28.2 Å². The van der Waals surface area contributed by atoms with Crippen LogP contribution in [0.2, 0.25) is 0 Å². The number of aliphatic hydroxyl groups is 2. The zero-order valence-corrected chi connectivity index (χ0v) is 15.8. The molecule has 4 aliphatic rings. The third kappa shape index (κ3) is 1.86. The van der Waals surface area contributed by atoms with E-state index in [9.17, 15) is 15.0 Å². The van der Waals surface area contributed by atoms with Gasteiger partial charge in [0.2, 0.25) is 0 Å². The molecule has 0 radical (unpaired) electrons. The lowest BCUT2D eigenvalue weighted by atomic mass is 9.44. The van der Waals surface area contributed by atoms with Crippen molar-refractivity contribution >= 4 is 5.78 Å². The number of ketones is 1. The molecular weight excluding hydrogens is 319 g/mol. The van der Waals surface area contributed by atoms with Crippen LogP contribution in [0.4, 0.5) is 4.39 Å². The predicted molar refractivity (Wildman–Crippen MR) is 93.6 cm³/mol. The van der Waals surface area contributed by atoms with Crippen molar-refractivity contribution in [1.29, 1.82) is 0 Å². The maximum absolute atomic E-state index is 16.8. The van der Waals surface area contributed by atoms with Gasteiger partial charge < -0.3 is 10.2 Å². The van der Waals surface area contributed by atoms with Crippen molar-refractivity contribution in [3.63, 3.8) is 0 Å². The van der Waals surface area contributed by atoms with Crippen molar-refractivity contribution in [2.24, 2.45) is 28.6 Å². The van der Waals surface area contributed by atoms with Gasteiger partial charge in [0.1, 0.15) is 5.67 Å². The molecule has 0 spiro atoms. The highest BCUT2D eigenvalue weighted by atomic mass is 19.1. The molecule has 4 heteroatoms. The zero-order valence-electron chi connectivity index (χ0n) is 15.8. The molecule has 0 saturated heterocycles. The molecule has 25 heavy (non-hydrogen) atoms. The second-order valence-electron chi connectivity index (χ2n) is 9.91. The van der Waals surface area contributed by atoms with Gasteiger partial charge in [-0.25, -0.2) is 4.39 Å². The van der Waals surface area contributed by atoms with Crippen molar-refractivity contribution in [1.82, 2.24) is 0 Å². The molecular formula is C21H31FO3. The fourth-order valence-corrected chi connectivity index (χ4v) is 7.11. The molecule has 8 unspecified atom stereocenters. The number of aliphatic hydroxyl groups excluding tert-OH is 1. The Bertz CT molecular complexity index is 656. The number of hydrogen-bond donors (Lipinski definition) is 2. The van der Waals surface area contributed by atoms with Gasteiger partial charge in [-0.05, 0) is 56.9 Å². The predicted octanol–water partition coefficient (Wildman–Crippen LogP) is 3.58. The summed E-state index contributed by atoms with van der Waals surface area (Å²) in [5, 5.41) is 22.2. The van der Waals surface area contributed by atoms with Gasteiger partial charge in [-0.2, -0.15) is 0 Å². The number of alkyl halides is 1. The molecule has 0 aromatic heterocycles. The largest absolute Gasteiger partial charge is 0.390 e. The van der Waals surface area contributed by atoms with E-state index in [2.05, 4.69) is 0 Å². The third-order valence-corrected chi connectivity index (χ3v) is 9.16. The van der Waals surface area contributed by atoms with E-state index in [1.807, 2.05) is 27.7 Å². The molecule has 0 aliphatic heterocycles. The monoisotopic (exact) mass is 350 g/mol. The Labute approximate surface area is 149 Å². The Hall–Kier alpha value is -0.740.